The van der Waals surface area contributed by atoms with E-state index in [1.54, 1.807) is 6.08 Å². The fourth-order valence-corrected chi connectivity index (χ4v) is 2.55. The van der Waals surface area contributed by atoms with Crippen LogP contribution < -0.4 is 0 Å². The Morgan fingerprint density at radius 1 is 1.35 bits per heavy atom. The molecule has 1 aliphatic rings. The first-order valence-corrected chi connectivity index (χ1v) is 6.03. The molecule has 0 bridgehead atoms. The summed E-state index contributed by atoms with van der Waals surface area (Å²) in [5.74, 6) is 0.0497. The number of hydrogen-bond donors (Lipinski definition) is 1. The number of aliphatic hydroxyl groups is 1. The molecule has 0 aliphatic heterocycles. The van der Waals surface area contributed by atoms with Crippen molar-refractivity contribution in [2.45, 2.75) is 32.7 Å². The molecule has 2 nitrogen and oxygen atoms in total. The lowest BCUT2D eigenvalue weighted by molar-refractivity contribution is -0.212. The number of ether oxygens (including phenoxy) is 1. The second-order valence-corrected chi connectivity index (χ2v) is 5.30. The molecule has 1 N–H and O–H groups in total. The molecular weight excluding hydrogens is 212 g/mol. The first-order valence-electron chi connectivity index (χ1n) is 6.03. The van der Waals surface area contributed by atoms with Gasteiger partial charge in [-0.2, -0.15) is 0 Å². The van der Waals surface area contributed by atoms with Gasteiger partial charge in [0.15, 0.2) is 0 Å². The molecule has 1 fully saturated rings. The molecule has 2 heteroatoms. The van der Waals surface area contributed by atoms with Crippen LogP contribution in [0.5, 0.6) is 0 Å². The maximum atomic E-state index is 9.95. The van der Waals surface area contributed by atoms with Crippen LogP contribution in [-0.2, 0) is 11.3 Å². The van der Waals surface area contributed by atoms with Crippen molar-refractivity contribution in [2.24, 2.45) is 11.3 Å². The summed E-state index contributed by atoms with van der Waals surface area (Å²) in [6, 6.07) is 10.1. The SMILES string of the molecule is C=C[C@H]1[C@@H](O)C(C)(C)[C@@H]1OCc1ccccc1. The van der Waals surface area contributed by atoms with Crippen LogP contribution in [0.15, 0.2) is 43.0 Å². The summed E-state index contributed by atoms with van der Waals surface area (Å²) in [6.45, 7) is 8.42. The zero-order valence-electron chi connectivity index (χ0n) is 10.5. The van der Waals surface area contributed by atoms with Crippen LogP contribution in [0.1, 0.15) is 19.4 Å². The lowest BCUT2D eigenvalue weighted by Crippen LogP contribution is -2.61. The Bertz CT molecular complexity index is 383. The van der Waals surface area contributed by atoms with Crippen molar-refractivity contribution in [3.8, 4) is 0 Å². The van der Waals surface area contributed by atoms with Gasteiger partial charge in [-0.05, 0) is 5.56 Å². The normalized spacial score (nSPS) is 30.6. The molecule has 1 saturated carbocycles. The first-order chi connectivity index (χ1) is 8.07. The van der Waals surface area contributed by atoms with Crippen LogP contribution >= 0.6 is 0 Å². The van der Waals surface area contributed by atoms with E-state index < -0.39 is 0 Å². The number of aliphatic hydroxyl groups excluding tert-OH is 1. The molecule has 0 heterocycles. The zero-order chi connectivity index (χ0) is 12.5. The van der Waals surface area contributed by atoms with E-state index >= 15 is 0 Å². The average molecular weight is 232 g/mol. The predicted molar refractivity (Wildman–Crippen MR) is 68.5 cm³/mol. The minimum Gasteiger partial charge on any atom is -0.392 e. The van der Waals surface area contributed by atoms with Crippen LogP contribution in [-0.4, -0.2) is 17.3 Å². The zero-order valence-corrected chi connectivity index (χ0v) is 10.5. The van der Waals surface area contributed by atoms with Crippen LogP contribution in [0, 0.1) is 11.3 Å². The van der Waals surface area contributed by atoms with Crippen LogP contribution in [0.25, 0.3) is 0 Å². The molecule has 1 aromatic carbocycles. The van der Waals surface area contributed by atoms with E-state index in [4.69, 9.17) is 4.74 Å². The van der Waals surface area contributed by atoms with Crippen LogP contribution in [0.4, 0.5) is 0 Å². The maximum Gasteiger partial charge on any atom is 0.0742 e. The topological polar surface area (TPSA) is 29.5 Å². The van der Waals surface area contributed by atoms with Gasteiger partial charge in [0.2, 0.25) is 0 Å². The smallest absolute Gasteiger partial charge is 0.0742 e. The van der Waals surface area contributed by atoms with E-state index in [1.807, 2.05) is 44.2 Å². The molecule has 1 aliphatic carbocycles. The molecule has 0 amide bonds. The van der Waals surface area contributed by atoms with Crippen molar-refractivity contribution >= 4 is 0 Å². The summed E-state index contributed by atoms with van der Waals surface area (Å²) >= 11 is 0. The second-order valence-electron chi connectivity index (χ2n) is 5.30. The molecule has 0 aromatic heterocycles. The fraction of sp³-hybridized carbons (Fsp3) is 0.467. The fourth-order valence-electron chi connectivity index (χ4n) is 2.55. The highest BCUT2D eigenvalue weighted by molar-refractivity contribution is 5.15. The minimum atomic E-state index is -0.347. The van der Waals surface area contributed by atoms with Crippen molar-refractivity contribution in [2.75, 3.05) is 0 Å². The van der Waals surface area contributed by atoms with E-state index in [0.29, 0.717) is 6.61 Å². The van der Waals surface area contributed by atoms with E-state index in [2.05, 4.69) is 6.58 Å². The number of hydrogen-bond acceptors (Lipinski definition) is 2. The average Bonchev–Trinajstić information content (AvgIpc) is 2.34. The van der Waals surface area contributed by atoms with E-state index in [1.165, 1.54) is 0 Å². The lowest BCUT2D eigenvalue weighted by atomic mass is 9.59. The van der Waals surface area contributed by atoms with Crippen LogP contribution in [0.2, 0.25) is 0 Å². The first kappa shape index (κ1) is 12.3. The van der Waals surface area contributed by atoms with E-state index in [0.717, 1.165) is 5.56 Å². The molecule has 0 spiro atoms. The maximum absolute atomic E-state index is 9.95. The van der Waals surface area contributed by atoms with Gasteiger partial charge in [0, 0.05) is 11.3 Å². The lowest BCUT2D eigenvalue weighted by Gasteiger charge is -2.54. The standard InChI is InChI=1S/C15H20O2/c1-4-12-13(16)15(2,3)14(12)17-10-11-8-6-5-7-9-11/h4-9,12-14,16H,1,10H2,2-3H3/t12-,13+,14+/m0/s1. The highest BCUT2D eigenvalue weighted by Crippen LogP contribution is 2.48. The van der Waals surface area contributed by atoms with Gasteiger partial charge in [-0.15, -0.1) is 6.58 Å². The molecule has 1 aromatic rings. The monoisotopic (exact) mass is 232 g/mol. The Labute approximate surface area is 103 Å². The predicted octanol–water partition coefficient (Wildman–Crippen LogP) is 2.77. The van der Waals surface area contributed by atoms with Gasteiger partial charge in [0.25, 0.3) is 0 Å². The Morgan fingerprint density at radius 2 is 2.00 bits per heavy atom. The summed E-state index contributed by atoms with van der Waals surface area (Å²) in [6.07, 6.45) is 1.50. The molecule has 17 heavy (non-hydrogen) atoms. The quantitative estimate of drug-likeness (QED) is 0.809. The summed E-state index contributed by atoms with van der Waals surface area (Å²) in [7, 11) is 0. The van der Waals surface area contributed by atoms with Gasteiger partial charge in [0.05, 0.1) is 18.8 Å². The van der Waals surface area contributed by atoms with Crippen LogP contribution in [0.3, 0.4) is 0 Å². The molecule has 92 valence electrons. The Hall–Kier alpha value is -1.12. The third-order valence-corrected chi connectivity index (χ3v) is 3.75. The van der Waals surface area contributed by atoms with Gasteiger partial charge in [-0.25, -0.2) is 0 Å². The van der Waals surface area contributed by atoms with Crippen molar-refractivity contribution in [1.29, 1.82) is 0 Å². The minimum absolute atomic E-state index is 0.0497. The second kappa shape index (κ2) is 4.63. The van der Waals surface area contributed by atoms with Crippen molar-refractivity contribution in [1.82, 2.24) is 0 Å². The molecule has 0 saturated heterocycles. The molecular formula is C15H20O2. The summed E-state index contributed by atoms with van der Waals surface area (Å²) in [4.78, 5) is 0. The number of rotatable bonds is 4. The van der Waals surface area contributed by atoms with Gasteiger partial charge in [-0.3, -0.25) is 0 Å². The summed E-state index contributed by atoms with van der Waals surface area (Å²) < 4.78 is 5.92. The van der Waals surface area contributed by atoms with Crippen molar-refractivity contribution in [3.63, 3.8) is 0 Å². The third kappa shape index (κ3) is 2.15. The van der Waals surface area contributed by atoms with Crippen molar-refractivity contribution < 1.29 is 9.84 Å². The van der Waals surface area contributed by atoms with Gasteiger partial charge >= 0.3 is 0 Å². The molecule has 2 rings (SSSR count). The largest absolute Gasteiger partial charge is 0.392 e. The highest BCUT2D eigenvalue weighted by Gasteiger charge is 2.55. The van der Waals surface area contributed by atoms with Crippen molar-refractivity contribution in [3.05, 3.63) is 48.6 Å². The summed E-state index contributed by atoms with van der Waals surface area (Å²) in [5.41, 5.74) is 0.973. The molecule has 0 radical (unpaired) electrons. The highest BCUT2D eigenvalue weighted by atomic mass is 16.5. The Morgan fingerprint density at radius 3 is 2.59 bits per heavy atom. The number of benzene rings is 1. The van der Waals surface area contributed by atoms with Gasteiger partial charge in [-0.1, -0.05) is 50.3 Å². The van der Waals surface area contributed by atoms with Gasteiger partial charge in [0.1, 0.15) is 0 Å². The molecule has 0 unspecified atom stereocenters. The Balaban J connectivity index is 1.97. The van der Waals surface area contributed by atoms with Gasteiger partial charge < -0.3 is 9.84 Å². The Kier molecular flexibility index (Phi) is 3.36. The van der Waals surface area contributed by atoms with E-state index in [-0.39, 0.29) is 23.5 Å². The molecule has 3 atom stereocenters. The third-order valence-electron chi connectivity index (χ3n) is 3.75. The van der Waals surface area contributed by atoms with E-state index in [9.17, 15) is 5.11 Å². The summed E-state index contributed by atoms with van der Waals surface area (Å²) in [5, 5.41) is 9.95.